The molecule has 3 heterocycles. The number of carbonyl (C=O) groups excluding carboxylic acids is 3. The Labute approximate surface area is 148 Å². The molecule has 8 heteroatoms. The maximum absolute atomic E-state index is 12.7. The number of esters is 2. The molecule has 26 heavy (non-hydrogen) atoms. The number of amides is 1. The molecular formula is C18H17NO7. The Morgan fingerprint density at radius 3 is 2.73 bits per heavy atom. The molecule has 0 saturated carbocycles. The Bertz CT molecular complexity index is 859. The average Bonchev–Trinajstić information content (AvgIpc) is 3.03. The Balaban J connectivity index is 1.59. The van der Waals surface area contributed by atoms with Gasteiger partial charge < -0.3 is 19.3 Å². The molecule has 1 amide bonds. The number of fused-ring (bicyclic) bond motifs is 2. The molecule has 1 aromatic rings. The van der Waals surface area contributed by atoms with Gasteiger partial charge >= 0.3 is 11.9 Å². The van der Waals surface area contributed by atoms with Crippen LogP contribution in [0.15, 0.2) is 24.0 Å². The number of carbonyl (C=O) groups is 3. The van der Waals surface area contributed by atoms with Gasteiger partial charge in [0.15, 0.2) is 12.3 Å². The number of ether oxygens (including phenoxy) is 3. The summed E-state index contributed by atoms with van der Waals surface area (Å²) in [5.41, 5.74) is 2.70. The third kappa shape index (κ3) is 2.37. The zero-order chi connectivity index (χ0) is 18.6. The molecule has 0 bridgehead atoms. The summed E-state index contributed by atoms with van der Waals surface area (Å²) in [6.45, 7) is 3.42. The van der Waals surface area contributed by atoms with Gasteiger partial charge in [-0.1, -0.05) is 0 Å². The molecule has 8 nitrogen and oxygen atoms in total. The molecule has 1 aromatic carbocycles. The predicted molar refractivity (Wildman–Crippen MR) is 85.5 cm³/mol. The Hall–Kier alpha value is -2.87. The summed E-state index contributed by atoms with van der Waals surface area (Å²) in [7, 11) is 0. The highest BCUT2D eigenvalue weighted by molar-refractivity contribution is 5.95. The lowest BCUT2D eigenvalue weighted by atomic mass is 10.0. The summed E-state index contributed by atoms with van der Waals surface area (Å²) in [5.74, 6) is -1.41. The second-order valence-corrected chi connectivity index (χ2v) is 6.47. The van der Waals surface area contributed by atoms with E-state index < -0.39 is 30.5 Å². The van der Waals surface area contributed by atoms with Gasteiger partial charge in [0.05, 0.1) is 18.6 Å². The summed E-state index contributed by atoms with van der Waals surface area (Å²) < 4.78 is 16.1. The Kier molecular flexibility index (Phi) is 3.73. The van der Waals surface area contributed by atoms with Crippen molar-refractivity contribution in [1.29, 1.82) is 0 Å². The average molecular weight is 359 g/mol. The fraction of sp³-hybridized carbons (Fsp3) is 0.389. The van der Waals surface area contributed by atoms with Gasteiger partial charge in [0.1, 0.15) is 5.76 Å². The quantitative estimate of drug-likeness (QED) is 0.630. The van der Waals surface area contributed by atoms with Gasteiger partial charge in [0, 0.05) is 5.56 Å². The first-order valence-corrected chi connectivity index (χ1v) is 8.22. The first kappa shape index (κ1) is 16.6. The fourth-order valence-electron chi connectivity index (χ4n) is 3.34. The summed E-state index contributed by atoms with van der Waals surface area (Å²) in [5, 5.41) is 9.11. The van der Waals surface area contributed by atoms with Crippen molar-refractivity contribution in [3.8, 4) is 0 Å². The molecule has 2 saturated heterocycles. The summed E-state index contributed by atoms with van der Waals surface area (Å²) in [4.78, 5) is 37.8. The fourth-order valence-corrected chi connectivity index (χ4v) is 3.34. The lowest BCUT2D eigenvalue weighted by Crippen LogP contribution is -2.55. The molecule has 3 aliphatic rings. The van der Waals surface area contributed by atoms with Gasteiger partial charge in [-0.25, -0.2) is 9.59 Å². The first-order chi connectivity index (χ1) is 12.4. The van der Waals surface area contributed by atoms with Crippen LogP contribution >= 0.6 is 0 Å². The van der Waals surface area contributed by atoms with E-state index in [1.165, 1.54) is 11.0 Å². The van der Waals surface area contributed by atoms with E-state index in [0.717, 1.165) is 11.1 Å². The van der Waals surface area contributed by atoms with Crippen LogP contribution in [0.5, 0.6) is 0 Å². The first-order valence-electron chi connectivity index (χ1n) is 8.22. The van der Waals surface area contributed by atoms with Gasteiger partial charge in [-0.3, -0.25) is 9.69 Å². The number of hydrogen-bond acceptors (Lipinski definition) is 7. The topological polar surface area (TPSA) is 102 Å². The molecule has 3 atom stereocenters. The molecule has 0 aliphatic carbocycles. The molecule has 0 spiro atoms. The molecule has 0 radical (unpaired) electrons. The number of hydrogen-bond donors (Lipinski definition) is 1. The zero-order valence-electron chi connectivity index (χ0n) is 14.2. The van der Waals surface area contributed by atoms with Crippen LogP contribution < -0.4 is 0 Å². The molecule has 3 unspecified atom stereocenters. The van der Waals surface area contributed by atoms with Crippen LogP contribution in [-0.2, 0) is 23.8 Å². The lowest BCUT2D eigenvalue weighted by molar-refractivity contribution is -0.179. The van der Waals surface area contributed by atoms with Crippen molar-refractivity contribution < 1.29 is 33.7 Å². The Morgan fingerprint density at radius 2 is 2.04 bits per heavy atom. The van der Waals surface area contributed by atoms with Gasteiger partial charge in [-0.05, 0) is 43.2 Å². The number of aliphatic hydroxyl groups excluding tert-OH is 1. The van der Waals surface area contributed by atoms with Gasteiger partial charge in [0.2, 0.25) is 5.91 Å². The molecular weight excluding hydrogens is 342 g/mol. The number of rotatable bonds is 3. The maximum atomic E-state index is 12.7. The van der Waals surface area contributed by atoms with Crippen molar-refractivity contribution in [2.45, 2.75) is 38.8 Å². The summed E-state index contributed by atoms with van der Waals surface area (Å²) in [6, 6.07) is 2.37. The third-order valence-electron chi connectivity index (χ3n) is 4.86. The summed E-state index contributed by atoms with van der Waals surface area (Å²) >= 11 is 0. The van der Waals surface area contributed by atoms with Crippen LogP contribution in [0.3, 0.4) is 0 Å². The molecule has 0 aromatic heterocycles. The minimum Gasteiger partial charge on any atom is -0.472 e. The standard InChI is InChI=1S/C18H17NO7/c1-8-5-10-11(6-9(8)2)18(25-16(10)22)26-17(23)15-12(3-4-20)24-14-7-13(21)19(14)15/h3,5-6,14-15,18,20H,4,7H2,1-2H3/b12-3-. The molecule has 4 rings (SSSR count). The number of aryl methyl sites for hydroxylation is 2. The number of cyclic esters (lactones) is 1. The largest absolute Gasteiger partial charge is 0.472 e. The van der Waals surface area contributed by atoms with Crippen LogP contribution in [0.4, 0.5) is 0 Å². The number of β-lactam (4-membered cyclic amide) rings is 1. The van der Waals surface area contributed by atoms with E-state index in [-0.39, 0.29) is 24.7 Å². The van der Waals surface area contributed by atoms with Crippen molar-refractivity contribution in [3.05, 3.63) is 46.2 Å². The summed E-state index contributed by atoms with van der Waals surface area (Å²) in [6.07, 6.45) is -0.206. The SMILES string of the molecule is Cc1cc2c(cc1C)C(OC(=O)C1/C(=C/CO)OC3CC(=O)N31)OC2=O. The van der Waals surface area contributed by atoms with Crippen molar-refractivity contribution in [2.75, 3.05) is 6.61 Å². The van der Waals surface area contributed by atoms with Crippen molar-refractivity contribution in [3.63, 3.8) is 0 Å². The van der Waals surface area contributed by atoms with E-state index in [9.17, 15) is 14.4 Å². The van der Waals surface area contributed by atoms with Crippen molar-refractivity contribution in [2.24, 2.45) is 0 Å². The van der Waals surface area contributed by atoms with Crippen LogP contribution in [-0.4, -0.2) is 46.7 Å². The third-order valence-corrected chi connectivity index (χ3v) is 4.86. The second kappa shape index (κ2) is 5.84. The van der Waals surface area contributed by atoms with E-state index in [0.29, 0.717) is 11.1 Å². The van der Waals surface area contributed by atoms with E-state index >= 15 is 0 Å². The minimum atomic E-state index is -1.17. The van der Waals surface area contributed by atoms with E-state index in [1.54, 1.807) is 12.1 Å². The van der Waals surface area contributed by atoms with Crippen LogP contribution in [0.25, 0.3) is 0 Å². The van der Waals surface area contributed by atoms with Crippen LogP contribution in [0.1, 0.15) is 39.8 Å². The smallest absolute Gasteiger partial charge is 0.342 e. The zero-order valence-corrected chi connectivity index (χ0v) is 14.2. The minimum absolute atomic E-state index is 0.165. The van der Waals surface area contributed by atoms with E-state index in [2.05, 4.69) is 0 Å². The highest BCUT2D eigenvalue weighted by Gasteiger charge is 2.55. The second-order valence-electron chi connectivity index (χ2n) is 6.47. The molecule has 2 fully saturated rings. The van der Waals surface area contributed by atoms with Gasteiger partial charge in [0.25, 0.3) is 6.29 Å². The van der Waals surface area contributed by atoms with Gasteiger partial charge in [-0.2, -0.15) is 0 Å². The Morgan fingerprint density at radius 1 is 1.31 bits per heavy atom. The highest BCUT2D eigenvalue weighted by Crippen LogP contribution is 2.39. The lowest BCUT2D eigenvalue weighted by Gasteiger charge is -2.34. The predicted octanol–water partition coefficient (Wildman–Crippen LogP) is 0.849. The van der Waals surface area contributed by atoms with Crippen LogP contribution in [0.2, 0.25) is 0 Å². The molecule has 1 N–H and O–H groups in total. The molecule has 3 aliphatic heterocycles. The monoisotopic (exact) mass is 359 g/mol. The maximum Gasteiger partial charge on any atom is 0.342 e. The molecule has 136 valence electrons. The van der Waals surface area contributed by atoms with E-state index in [4.69, 9.17) is 19.3 Å². The number of nitrogens with zero attached hydrogens (tertiary/aromatic N) is 1. The van der Waals surface area contributed by atoms with E-state index in [1.807, 2.05) is 13.8 Å². The number of aliphatic hydroxyl groups is 1. The highest BCUT2D eigenvalue weighted by atomic mass is 16.7. The van der Waals surface area contributed by atoms with Crippen molar-refractivity contribution >= 4 is 17.8 Å². The van der Waals surface area contributed by atoms with Gasteiger partial charge in [-0.15, -0.1) is 0 Å². The van der Waals surface area contributed by atoms with Crippen molar-refractivity contribution in [1.82, 2.24) is 4.90 Å². The van der Waals surface area contributed by atoms with Crippen LogP contribution in [0, 0.1) is 13.8 Å². The number of benzene rings is 1. The normalized spacial score (nSPS) is 27.6.